The molecule has 1 rings (SSSR count). The maximum atomic E-state index is 5.48. The Morgan fingerprint density at radius 1 is 1.10 bits per heavy atom. The Kier molecular flexibility index (Phi) is 7.64. The number of nitrogens with one attached hydrogen (secondary N) is 2. The summed E-state index contributed by atoms with van der Waals surface area (Å²) in [6.45, 7) is 8.12. The van der Waals surface area contributed by atoms with Gasteiger partial charge >= 0.3 is 6.01 Å². The van der Waals surface area contributed by atoms with Crippen molar-refractivity contribution in [3.8, 4) is 6.01 Å². The van der Waals surface area contributed by atoms with Crippen LogP contribution in [0.1, 0.15) is 33.6 Å². The summed E-state index contributed by atoms with van der Waals surface area (Å²) in [6.07, 6.45) is 1.79. The van der Waals surface area contributed by atoms with E-state index in [9.17, 15) is 0 Å². The zero-order valence-electron chi connectivity index (χ0n) is 12.8. The molecule has 7 nitrogen and oxygen atoms in total. The van der Waals surface area contributed by atoms with Crippen molar-refractivity contribution in [1.82, 2.24) is 15.0 Å². The fourth-order valence-electron chi connectivity index (χ4n) is 1.50. The molecule has 1 heterocycles. The summed E-state index contributed by atoms with van der Waals surface area (Å²) in [5, 5.41) is 6.30. The van der Waals surface area contributed by atoms with Gasteiger partial charge in [0.1, 0.15) is 0 Å². The second-order valence-electron chi connectivity index (χ2n) is 4.47. The quantitative estimate of drug-likeness (QED) is 0.679. The summed E-state index contributed by atoms with van der Waals surface area (Å²) in [6, 6.07) is 0.560. The first kappa shape index (κ1) is 16.4. The predicted molar refractivity (Wildman–Crippen MR) is 79.4 cm³/mol. The molecule has 1 aromatic rings. The van der Waals surface area contributed by atoms with Crippen molar-refractivity contribution in [3.63, 3.8) is 0 Å². The highest BCUT2D eigenvalue weighted by atomic mass is 16.5. The predicted octanol–water partition coefficient (Wildman–Crippen LogP) is 1.93. The average molecular weight is 283 g/mol. The lowest BCUT2D eigenvalue weighted by Gasteiger charge is -2.14. The molecular weight excluding hydrogens is 258 g/mol. The van der Waals surface area contributed by atoms with Crippen LogP contribution in [0.5, 0.6) is 6.01 Å². The van der Waals surface area contributed by atoms with Gasteiger partial charge in [0.25, 0.3) is 0 Å². The van der Waals surface area contributed by atoms with E-state index in [1.54, 1.807) is 7.11 Å². The summed E-state index contributed by atoms with van der Waals surface area (Å²) in [4.78, 5) is 12.8. The first-order valence-corrected chi connectivity index (χ1v) is 7.07. The number of aromatic nitrogens is 3. The zero-order chi connectivity index (χ0) is 14.8. The molecule has 0 fully saturated rings. The van der Waals surface area contributed by atoms with Crippen LogP contribution in [0.4, 0.5) is 11.9 Å². The number of anilines is 2. The lowest BCUT2D eigenvalue weighted by molar-refractivity contribution is 0.191. The molecule has 0 amide bonds. The van der Waals surface area contributed by atoms with E-state index in [0.29, 0.717) is 31.1 Å². The van der Waals surface area contributed by atoms with Crippen LogP contribution in [0.25, 0.3) is 0 Å². The third kappa shape index (κ3) is 6.01. The van der Waals surface area contributed by atoms with Crippen molar-refractivity contribution in [2.45, 2.75) is 39.7 Å². The number of ether oxygens (including phenoxy) is 2. The molecule has 0 bridgehead atoms. The van der Waals surface area contributed by atoms with Crippen LogP contribution in [0, 0.1) is 0 Å². The van der Waals surface area contributed by atoms with Crippen LogP contribution < -0.4 is 15.4 Å². The minimum atomic E-state index is 0.214. The first-order chi connectivity index (χ1) is 9.69. The van der Waals surface area contributed by atoms with Crippen LogP contribution in [-0.2, 0) is 4.74 Å². The highest BCUT2D eigenvalue weighted by Crippen LogP contribution is 2.12. The summed E-state index contributed by atoms with van der Waals surface area (Å²) in [5.41, 5.74) is 0. The third-order valence-corrected chi connectivity index (χ3v) is 2.52. The molecule has 20 heavy (non-hydrogen) atoms. The molecule has 0 saturated heterocycles. The molecule has 0 aliphatic rings. The Bertz CT molecular complexity index is 389. The van der Waals surface area contributed by atoms with E-state index in [-0.39, 0.29) is 6.04 Å². The Morgan fingerprint density at radius 2 is 1.85 bits per heavy atom. The molecule has 1 aromatic heterocycles. The van der Waals surface area contributed by atoms with Crippen LogP contribution in [0.3, 0.4) is 0 Å². The van der Waals surface area contributed by atoms with E-state index in [2.05, 4.69) is 32.5 Å². The molecule has 0 radical (unpaired) electrons. The largest absolute Gasteiger partial charge is 0.463 e. The van der Waals surface area contributed by atoms with Crippen molar-refractivity contribution in [2.75, 3.05) is 37.5 Å². The van der Waals surface area contributed by atoms with E-state index in [0.717, 1.165) is 19.4 Å². The van der Waals surface area contributed by atoms with Gasteiger partial charge < -0.3 is 20.1 Å². The smallest absolute Gasteiger partial charge is 0.323 e. The van der Waals surface area contributed by atoms with Gasteiger partial charge in [0.2, 0.25) is 11.9 Å². The number of hydrogen-bond acceptors (Lipinski definition) is 7. The number of rotatable bonds is 10. The molecule has 0 spiro atoms. The van der Waals surface area contributed by atoms with E-state index >= 15 is 0 Å². The van der Waals surface area contributed by atoms with Crippen LogP contribution in [-0.4, -0.2) is 47.9 Å². The van der Waals surface area contributed by atoms with Gasteiger partial charge in [0.15, 0.2) is 0 Å². The fourth-order valence-corrected chi connectivity index (χ4v) is 1.50. The average Bonchev–Trinajstić information content (AvgIpc) is 2.43. The number of methoxy groups -OCH3 is 1. The topological polar surface area (TPSA) is 81.2 Å². The summed E-state index contributed by atoms with van der Waals surface area (Å²) in [7, 11) is 1.69. The van der Waals surface area contributed by atoms with E-state index in [4.69, 9.17) is 9.47 Å². The van der Waals surface area contributed by atoms with Crippen molar-refractivity contribution >= 4 is 11.9 Å². The van der Waals surface area contributed by atoms with Gasteiger partial charge in [-0.25, -0.2) is 0 Å². The molecule has 1 atom stereocenters. The summed E-state index contributed by atoms with van der Waals surface area (Å²) < 4.78 is 10.5. The monoisotopic (exact) mass is 283 g/mol. The zero-order valence-corrected chi connectivity index (χ0v) is 12.8. The van der Waals surface area contributed by atoms with Gasteiger partial charge in [-0.05, 0) is 26.7 Å². The minimum absolute atomic E-state index is 0.214. The van der Waals surface area contributed by atoms with Crippen molar-refractivity contribution in [1.29, 1.82) is 0 Å². The van der Waals surface area contributed by atoms with E-state index in [1.165, 1.54) is 0 Å². The second kappa shape index (κ2) is 9.30. The Labute approximate surface area is 120 Å². The third-order valence-electron chi connectivity index (χ3n) is 2.52. The molecule has 0 aliphatic heterocycles. The maximum absolute atomic E-state index is 5.48. The highest BCUT2D eigenvalue weighted by molar-refractivity contribution is 5.36. The highest BCUT2D eigenvalue weighted by Gasteiger charge is 2.09. The summed E-state index contributed by atoms with van der Waals surface area (Å²) >= 11 is 0. The van der Waals surface area contributed by atoms with Gasteiger partial charge in [-0.1, -0.05) is 6.92 Å². The molecule has 7 heteroatoms. The lowest BCUT2D eigenvalue weighted by atomic mass is 10.2. The van der Waals surface area contributed by atoms with E-state index < -0.39 is 0 Å². The Balaban J connectivity index is 2.73. The molecule has 114 valence electrons. The van der Waals surface area contributed by atoms with Crippen LogP contribution >= 0.6 is 0 Å². The first-order valence-electron chi connectivity index (χ1n) is 7.07. The van der Waals surface area contributed by atoms with Gasteiger partial charge in [-0.2, -0.15) is 15.0 Å². The molecule has 2 N–H and O–H groups in total. The van der Waals surface area contributed by atoms with E-state index in [1.807, 2.05) is 13.8 Å². The molecule has 0 aromatic carbocycles. The maximum Gasteiger partial charge on any atom is 0.323 e. The number of nitrogens with zero attached hydrogens (tertiary/aromatic N) is 3. The Morgan fingerprint density at radius 3 is 2.50 bits per heavy atom. The fraction of sp³-hybridized carbons (Fsp3) is 0.769. The van der Waals surface area contributed by atoms with Crippen molar-refractivity contribution < 1.29 is 9.47 Å². The standard InChI is InChI=1S/C13H25N5O2/c1-5-8-20-13-17-11(14-6-2)16-12(18-13)15-10(3)7-9-19-4/h10H,5-9H2,1-4H3,(H2,14,15,16,17,18). The van der Waals surface area contributed by atoms with Crippen molar-refractivity contribution in [2.24, 2.45) is 0 Å². The van der Waals surface area contributed by atoms with Crippen LogP contribution in [0.15, 0.2) is 0 Å². The second-order valence-corrected chi connectivity index (χ2v) is 4.47. The minimum Gasteiger partial charge on any atom is -0.463 e. The molecule has 0 aliphatic carbocycles. The summed E-state index contributed by atoms with van der Waals surface area (Å²) in [5.74, 6) is 1.04. The van der Waals surface area contributed by atoms with Gasteiger partial charge in [-0.3, -0.25) is 0 Å². The molecule has 0 saturated carbocycles. The molecule has 1 unspecified atom stereocenters. The van der Waals surface area contributed by atoms with Crippen LogP contribution in [0.2, 0.25) is 0 Å². The number of hydrogen-bond donors (Lipinski definition) is 2. The van der Waals surface area contributed by atoms with Gasteiger partial charge in [0.05, 0.1) is 6.61 Å². The Hall–Kier alpha value is -1.63. The van der Waals surface area contributed by atoms with Crippen molar-refractivity contribution in [3.05, 3.63) is 0 Å². The van der Waals surface area contributed by atoms with Gasteiger partial charge in [0, 0.05) is 26.3 Å². The molecular formula is C13H25N5O2. The normalized spacial score (nSPS) is 12.0. The SMILES string of the molecule is CCCOc1nc(NCC)nc(NC(C)CCOC)n1. The lowest BCUT2D eigenvalue weighted by Crippen LogP contribution is -2.20. The van der Waals surface area contributed by atoms with Gasteiger partial charge in [-0.15, -0.1) is 0 Å².